The van der Waals surface area contributed by atoms with Gasteiger partial charge in [0.15, 0.2) is 0 Å². The molecule has 0 aliphatic carbocycles. The van der Waals surface area contributed by atoms with Gasteiger partial charge in [-0.25, -0.2) is 0 Å². The highest BCUT2D eigenvalue weighted by molar-refractivity contribution is 6.08. The van der Waals surface area contributed by atoms with Crippen molar-refractivity contribution in [1.29, 1.82) is 0 Å². The number of benzodiazepines with no additional fused rings is 1. The van der Waals surface area contributed by atoms with Crippen LogP contribution in [-0.2, 0) is 0 Å². The summed E-state index contributed by atoms with van der Waals surface area (Å²) in [5.41, 5.74) is 1.67. The van der Waals surface area contributed by atoms with E-state index in [0.29, 0.717) is 29.9 Å². The maximum Gasteiger partial charge on any atom is 0.270 e. The summed E-state index contributed by atoms with van der Waals surface area (Å²) in [5, 5.41) is 10.9. The zero-order valence-corrected chi connectivity index (χ0v) is 11.5. The van der Waals surface area contributed by atoms with E-state index in [1.54, 1.807) is 41.7 Å². The maximum absolute atomic E-state index is 12.6. The standard InChI is InChI=1S/C15H12N4O3/c20-15(11-3-5-16-6-4-11)18-8-7-17-10-12-9-13(19(21)22)1-2-14(12)18/h1-6,9-10H,7-8H2. The number of nitrogens with zero attached hydrogens (tertiary/aromatic N) is 4. The van der Waals surface area contributed by atoms with Gasteiger partial charge in [-0.3, -0.25) is 24.9 Å². The quantitative estimate of drug-likeness (QED) is 0.626. The Kier molecular flexibility index (Phi) is 3.61. The molecule has 2 heterocycles. The minimum absolute atomic E-state index is 0.0246. The molecule has 1 aromatic heterocycles. The Morgan fingerprint density at radius 2 is 2.00 bits per heavy atom. The molecule has 0 bridgehead atoms. The van der Waals surface area contributed by atoms with Crippen molar-refractivity contribution in [1.82, 2.24) is 4.98 Å². The monoisotopic (exact) mass is 296 g/mol. The van der Waals surface area contributed by atoms with Gasteiger partial charge < -0.3 is 4.90 Å². The predicted octanol–water partition coefficient (Wildman–Crippen LogP) is 2.07. The number of rotatable bonds is 2. The van der Waals surface area contributed by atoms with Crippen molar-refractivity contribution in [2.45, 2.75) is 0 Å². The molecule has 0 atom stereocenters. The largest absolute Gasteiger partial charge is 0.306 e. The Balaban J connectivity index is 2.02. The van der Waals surface area contributed by atoms with Crippen LogP contribution in [0, 0.1) is 10.1 Å². The number of nitro groups is 1. The highest BCUT2D eigenvalue weighted by atomic mass is 16.6. The number of non-ortho nitro benzene ring substituents is 1. The molecule has 1 aliphatic heterocycles. The lowest BCUT2D eigenvalue weighted by molar-refractivity contribution is -0.384. The fraction of sp³-hybridized carbons (Fsp3) is 0.133. The van der Waals surface area contributed by atoms with Gasteiger partial charge in [0.25, 0.3) is 11.6 Å². The summed E-state index contributed by atoms with van der Waals surface area (Å²) in [5.74, 6) is -0.178. The summed E-state index contributed by atoms with van der Waals surface area (Å²) < 4.78 is 0. The lowest BCUT2D eigenvalue weighted by Crippen LogP contribution is -2.33. The summed E-state index contributed by atoms with van der Waals surface area (Å²) in [6, 6.07) is 7.68. The molecule has 1 amide bonds. The van der Waals surface area contributed by atoms with Crippen LogP contribution in [-0.4, -0.2) is 35.1 Å². The molecule has 0 spiro atoms. The molecule has 110 valence electrons. The van der Waals surface area contributed by atoms with Crippen molar-refractivity contribution < 1.29 is 9.72 Å². The van der Waals surface area contributed by atoms with Crippen molar-refractivity contribution >= 4 is 23.5 Å². The molecule has 3 rings (SSSR count). The zero-order chi connectivity index (χ0) is 15.5. The molecule has 0 unspecified atom stereocenters. The zero-order valence-electron chi connectivity index (χ0n) is 11.5. The second-order valence-corrected chi connectivity index (χ2v) is 4.73. The molecule has 22 heavy (non-hydrogen) atoms. The van der Waals surface area contributed by atoms with Crippen LogP contribution in [0.4, 0.5) is 11.4 Å². The van der Waals surface area contributed by atoms with E-state index < -0.39 is 4.92 Å². The number of pyridine rings is 1. The highest BCUT2D eigenvalue weighted by Crippen LogP contribution is 2.27. The SMILES string of the molecule is O=C(c1ccncc1)N1CCN=Cc2cc([N+](=O)[O-])ccc21. The number of anilines is 1. The second-order valence-electron chi connectivity index (χ2n) is 4.73. The van der Waals surface area contributed by atoms with Crippen molar-refractivity contribution in [3.63, 3.8) is 0 Å². The van der Waals surface area contributed by atoms with Gasteiger partial charge >= 0.3 is 0 Å². The fourth-order valence-corrected chi connectivity index (χ4v) is 2.31. The van der Waals surface area contributed by atoms with Crippen LogP contribution in [0.3, 0.4) is 0 Å². The molecule has 1 aromatic carbocycles. The van der Waals surface area contributed by atoms with Crippen LogP contribution in [0.25, 0.3) is 0 Å². The van der Waals surface area contributed by atoms with Crippen molar-refractivity contribution in [3.8, 4) is 0 Å². The van der Waals surface area contributed by atoms with E-state index in [1.807, 2.05) is 0 Å². The number of nitro benzene ring substituents is 1. The third-order valence-corrected chi connectivity index (χ3v) is 3.37. The lowest BCUT2D eigenvalue weighted by Gasteiger charge is -2.22. The van der Waals surface area contributed by atoms with Gasteiger partial charge in [-0.1, -0.05) is 0 Å². The van der Waals surface area contributed by atoms with E-state index >= 15 is 0 Å². The molecule has 0 saturated heterocycles. The van der Waals surface area contributed by atoms with Crippen LogP contribution < -0.4 is 4.90 Å². The lowest BCUT2D eigenvalue weighted by atomic mass is 10.1. The van der Waals surface area contributed by atoms with Gasteiger partial charge in [0.2, 0.25) is 0 Å². The summed E-state index contributed by atoms with van der Waals surface area (Å²) in [6.45, 7) is 0.863. The molecule has 7 nitrogen and oxygen atoms in total. The summed E-state index contributed by atoms with van der Waals surface area (Å²) in [7, 11) is 0. The molecule has 2 aromatic rings. The first-order chi connectivity index (χ1) is 10.7. The van der Waals surface area contributed by atoms with Gasteiger partial charge in [0, 0.05) is 48.4 Å². The summed E-state index contributed by atoms with van der Waals surface area (Å²) in [6.07, 6.45) is 4.68. The molecule has 0 fully saturated rings. The van der Waals surface area contributed by atoms with Crippen molar-refractivity contribution in [2.24, 2.45) is 4.99 Å². The average Bonchev–Trinajstić information content (AvgIpc) is 2.76. The van der Waals surface area contributed by atoms with Gasteiger partial charge in [-0.05, 0) is 18.2 Å². The smallest absolute Gasteiger partial charge is 0.270 e. The van der Waals surface area contributed by atoms with Gasteiger partial charge in [-0.15, -0.1) is 0 Å². The first-order valence-electron chi connectivity index (χ1n) is 6.67. The van der Waals surface area contributed by atoms with E-state index in [0.717, 1.165) is 0 Å². The van der Waals surface area contributed by atoms with Gasteiger partial charge in [0.05, 0.1) is 17.2 Å². The first kappa shape index (κ1) is 13.9. The van der Waals surface area contributed by atoms with E-state index in [9.17, 15) is 14.9 Å². The number of hydrogen-bond acceptors (Lipinski definition) is 5. The van der Waals surface area contributed by atoms with E-state index in [2.05, 4.69) is 9.98 Å². The Bertz CT molecular complexity index is 759. The number of carbonyl (C=O) groups is 1. The highest BCUT2D eigenvalue weighted by Gasteiger charge is 2.22. The second kappa shape index (κ2) is 5.72. The van der Waals surface area contributed by atoms with Crippen molar-refractivity contribution in [3.05, 3.63) is 64.0 Å². The predicted molar refractivity (Wildman–Crippen MR) is 81.5 cm³/mol. The molecule has 7 heteroatoms. The van der Waals surface area contributed by atoms with Crippen LogP contribution in [0.15, 0.2) is 47.7 Å². The van der Waals surface area contributed by atoms with Crippen molar-refractivity contribution in [2.75, 3.05) is 18.0 Å². The number of carbonyl (C=O) groups excluding carboxylic acids is 1. The number of aromatic nitrogens is 1. The Morgan fingerprint density at radius 3 is 2.73 bits per heavy atom. The number of aliphatic imine (C=N–C) groups is 1. The fourth-order valence-electron chi connectivity index (χ4n) is 2.31. The van der Waals surface area contributed by atoms with Crippen LogP contribution in [0.1, 0.15) is 15.9 Å². The summed E-state index contributed by atoms with van der Waals surface area (Å²) in [4.78, 5) is 32.7. The Labute approximate surface area is 126 Å². The number of hydrogen-bond donors (Lipinski definition) is 0. The summed E-state index contributed by atoms with van der Waals surface area (Å²) >= 11 is 0. The molecule has 1 aliphatic rings. The molecule has 0 saturated carbocycles. The van der Waals surface area contributed by atoms with Crippen LogP contribution in [0.5, 0.6) is 0 Å². The van der Waals surface area contributed by atoms with E-state index in [-0.39, 0.29) is 11.6 Å². The van der Waals surface area contributed by atoms with Gasteiger partial charge in [0.1, 0.15) is 0 Å². The van der Waals surface area contributed by atoms with E-state index in [1.165, 1.54) is 12.1 Å². The Hall–Kier alpha value is -3.09. The molecule has 0 radical (unpaired) electrons. The number of benzene rings is 1. The van der Waals surface area contributed by atoms with Gasteiger partial charge in [-0.2, -0.15) is 0 Å². The molecule has 0 N–H and O–H groups in total. The number of amides is 1. The number of fused-ring (bicyclic) bond motifs is 1. The minimum atomic E-state index is -0.464. The molecular weight excluding hydrogens is 284 g/mol. The van der Waals surface area contributed by atoms with E-state index in [4.69, 9.17) is 0 Å². The third-order valence-electron chi connectivity index (χ3n) is 3.37. The Morgan fingerprint density at radius 1 is 1.23 bits per heavy atom. The first-order valence-corrected chi connectivity index (χ1v) is 6.67. The van der Waals surface area contributed by atoms with Crippen LogP contribution in [0.2, 0.25) is 0 Å². The normalized spacial score (nSPS) is 13.4. The van der Waals surface area contributed by atoms with Crippen LogP contribution >= 0.6 is 0 Å². The molecular formula is C15H12N4O3. The minimum Gasteiger partial charge on any atom is -0.306 e. The topological polar surface area (TPSA) is 88.7 Å². The maximum atomic E-state index is 12.6. The average molecular weight is 296 g/mol. The third kappa shape index (κ3) is 2.56.